The number of hydrogen-bond acceptors (Lipinski definition) is 1. The minimum absolute atomic E-state index is 0.944. The van der Waals surface area contributed by atoms with Crippen LogP contribution in [0.1, 0.15) is 46.0 Å². The second kappa shape index (κ2) is 4.00. The van der Waals surface area contributed by atoms with Gasteiger partial charge in [0, 0.05) is 12.6 Å². The normalized spacial score (nSPS) is 37.4. The van der Waals surface area contributed by atoms with E-state index in [2.05, 4.69) is 18.7 Å². The van der Waals surface area contributed by atoms with Crippen LogP contribution in [0.3, 0.4) is 0 Å². The molecule has 0 unspecified atom stereocenters. The summed E-state index contributed by atoms with van der Waals surface area (Å²) in [6, 6.07) is 0.972. The highest BCUT2D eigenvalue weighted by Crippen LogP contribution is 2.32. The predicted molar refractivity (Wildman–Crippen MR) is 56.8 cm³/mol. The molecular weight excluding hydrogens is 158 g/mol. The maximum Gasteiger partial charge on any atom is 0.00953 e. The van der Waals surface area contributed by atoms with E-state index < -0.39 is 0 Å². The largest absolute Gasteiger partial charge is 0.300 e. The Morgan fingerprint density at radius 3 is 2.46 bits per heavy atom. The molecule has 1 saturated carbocycles. The third kappa shape index (κ3) is 1.90. The topological polar surface area (TPSA) is 3.24 Å². The summed E-state index contributed by atoms with van der Waals surface area (Å²) >= 11 is 0. The molecule has 1 saturated heterocycles. The van der Waals surface area contributed by atoms with Crippen LogP contribution in [-0.4, -0.2) is 24.0 Å². The van der Waals surface area contributed by atoms with Crippen molar-refractivity contribution in [1.29, 1.82) is 0 Å². The molecular formula is C12H23N. The number of piperidine rings is 1. The maximum absolute atomic E-state index is 2.75. The second-order valence-corrected chi connectivity index (χ2v) is 5.01. The Morgan fingerprint density at radius 2 is 2.00 bits per heavy atom. The highest BCUT2D eigenvalue weighted by atomic mass is 15.2. The Kier molecular flexibility index (Phi) is 2.92. The Morgan fingerprint density at radius 1 is 1.23 bits per heavy atom. The lowest BCUT2D eigenvalue weighted by Crippen LogP contribution is -2.47. The second-order valence-electron chi connectivity index (χ2n) is 5.01. The van der Waals surface area contributed by atoms with Crippen molar-refractivity contribution in [2.45, 2.75) is 52.0 Å². The zero-order valence-corrected chi connectivity index (χ0v) is 9.13. The molecule has 0 aromatic carbocycles. The van der Waals surface area contributed by atoms with Gasteiger partial charge in [-0.2, -0.15) is 0 Å². The Hall–Kier alpha value is -0.0400. The molecule has 2 atom stereocenters. The standard InChI is InChI=1S/C12H23N/c1-3-11-7-8-13(9-10(11)2)12-5-4-6-12/h10-12H,3-9H2,1-2H3/t10-,11+/m0/s1. The fourth-order valence-electron chi connectivity index (χ4n) is 2.92. The first-order valence-corrected chi connectivity index (χ1v) is 6.05. The van der Waals surface area contributed by atoms with Gasteiger partial charge in [0.1, 0.15) is 0 Å². The van der Waals surface area contributed by atoms with Gasteiger partial charge in [-0.3, -0.25) is 0 Å². The van der Waals surface area contributed by atoms with Gasteiger partial charge in [-0.05, 0) is 37.6 Å². The van der Waals surface area contributed by atoms with Gasteiger partial charge in [-0.25, -0.2) is 0 Å². The molecule has 1 heterocycles. The Labute approximate surface area is 82.5 Å². The van der Waals surface area contributed by atoms with Crippen LogP contribution >= 0.6 is 0 Å². The minimum atomic E-state index is 0.944. The molecule has 1 aliphatic carbocycles. The van der Waals surface area contributed by atoms with Gasteiger partial charge in [-0.1, -0.05) is 26.7 Å². The van der Waals surface area contributed by atoms with E-state index in [-0.39, 0.29) is 0 Å². The van der Waals surface area contributed by atoms with Crippen LogP contribution in [-0.2, 0) is 0 Å². The molecule has 0 aromatic rings. The van der Waals surface area contributed by atoms with Crippen molar-refractivity contribution in [1.82, 2.24) is 4.90 Å². The van der Waals surface area contributed by atoms with Crippen LogP contribution in [0, 0.1) is 11.8 Å². The average Bonchev–Trinajstić information content (AvgIpc) is 2.01. The molecule has 1 nitrogen and oxygen atoms in total. The summed E-state index contributed by atoms with van der Waals surface area (Å²) in [7, 11) is 0. The molecule has 2 fully saturated rings. The third-order valence-electron chi connectivity index (χ3n) is 4.23. The van der Waals surface area contributed by atoms with Crippen molar-refractivity contribution in [3.8, 4) is 0 Å². The summed E-state index contributed by atoms with van der Waals surface area (Å²) in [6.07, 6.45) is 7.27. The fourth-order valence-corrected chi connectivity index (χ4v) is 2.92. The van der Waals surface area contributed by atoms with Crippen molar-refractivity contribution in [3.05, 3.63) is 0 Å². The first kappa shape index (κ1) is 9.51. The lowest BCUT2D eigenvalue weighted by atomic mass is 9.82. The summed E-state index contributed by atoms with van der Waals surface area (Å²) in [5, 5.41) is 0. The molecule has 0 bridgehead atoms. The first-order valence-electron chi connectivity index (χ1n) is 6.05. The van der Waals surface area contributed by atoms with Crippen LogP contribution in [0.15, 0.2) is 0 Å². The first-order chi connectivity index (χ1) is 6.31. The van der Waals surface area contributed by atoms with Crippen molar-refractivity contribution in [2.24, 2.45) is 11.8 Å². The van der Waals surface area contributed by atoms with Crippen LogP contribution in [0.2, 0.25) is 0 Å². The molecule has 0 amide bonds. The van der Waals surface area contributed by atoms with Gasteiger partial charge in [-0.15, -0.1) is 0 Å². The van der Waals surface area contributed by atoms with Crippen LogP contribution in [0.25, 0.3) is 0 Å². The zero-order valence-electron chi connectivity index (χ0n) is 9.13. The molecule has 1 aliphatic heterocycles. The molecule has 0 N–H and O–H groups in total. The van der Waals surface area contributed by atoms with E-state index in [4.69, 9.17) is 0 Å². The smallest absolute Gasteiger partial charge is 0.00953 e. The Bertz CT molecular complexity index is 163. The van der Waals surface area contributed by atoms with Gasteiger partial charge < -0.3 is 4.90 Å². The molecule has 0 radical (unpaired) electrons. The van der Waals surface area contributed by atoms with Gasteiger partial charge in [0.25, 0.3) is 0 Å². The van der Waals surface area contributed by atoms with Crippen LogP contribution in [0.5, 0.6) is 0 Å². The van der Waals surface area contributed by atoms with E-state index in [1.165, 1.54) is 45.2 Å². The zero-order chi connectivity index (χ0) is 9.26. The van der Waals surface area contributed by atoms with E-state index in [1.807, 2.05) is 0 Å². The van der Waals surface area contributed by atoms with E-state index >= 15 is 0 Å². The average molecular weight is 181 g/mol. The fraction of sp³-hybridized carbons (Fsp3) is 1.00. The lowest BCUT2D eigenvalue weighted by Gasteiger charge is -2.44. The molecule has 0 aromatic heterocycles. The van der Waals surface area contributed by atoms with Crippen molar-refractivity contribution in [2.75, 3.05) is 13.1 Å². The number of nitrogens with zero attached hydrogens (tertiary/aromatic N) is 1. The van der Waals surface area contributed by atoms with Crippen LogP contribution < -0.4 is 0 Å². The van der Waals surface area contributed by atoms with Crippen molar-refractivity contribution < 1.29 is 0 Å². The van der Waals surface area contributed by atoms with Crippen molar-refractivity contribution in [3.63, 3.8) is 0 Å². The summed E-state index contributed by atoms with van der Waals surface area (Å²) in [4.78, 5) is 2.75. The van der Waals surface area contributed by atoms with Gasteiger partial charge in [0.05, 0.1) is 0 Å². The molecule has 2 aliphatic rings. The van der Waals surface area contributed by atoms with E-state index in [0.29, 0.717) is 0 Å². The summed E-state index contributed by atoms with van der Waals surface area (Å²) in [6.45, 7) is 7.55. The molecule has 13 heavy (non-hydrogen) atoms. The molecule has 2 rings (SSSR count). The highest BCUT2D eigenvalue weighted by molar-refractivity contribution is 4.85. The number of hydrogen-bond donors (Lipinski definition) is 0. The van der Waals surface area contributed by atoms with E-state index in [0.717, 1.165) is 17.9 Å². The predicted octanol–water partition coefficient (Wildman–Crippen LogP) is 2.91. The molecule has 1 heteroatoms. The van der Waals surface area contributed by atoms with E-state index in [9.17, 15) is 0 Å². The minimum Gasteiger partial charge on any atom is -0.300 e. The lowest BCUT2D eigenvalue weighted by molar-refractivity contribution is 0.0521. The number of likely N-dealkylation sites (tertiary alicyclic amines) is 1. The SMILES string of the molecule is CC[C@@H]1CCN(C2CCC2)C[C@@H]1C. The van der Waals surface area contributed by atoms with Gasteiger partial charge >= 0.3 is 0 Å². The van der Waals surface area contributed by atoms with Crippen molar-refractivity contribution >= 4 is 0 Å². The Balaban J connectivity index is 1.83. The van der Waals surface area contributed by atoms with Crippen LogP contribution in [0.4, 0.5) is 0 Å². The summed E-state index contributed by atoms with van der Waals surface area (Å²) in [5.74, 6) is 1.95. The highest BCUT2D eigenvalue weighted by Gasteiger charge is 2.31. The monoisotopic (exact) mass is 181 g/mol. The summed E-state index contributed by atoms with van der Waals surface area (Å²) < 4.78 is 0. The maximum atomic E-state index is 2.75. The van der Waals surface area contributed by atoms with Gasteiger partial charge in [0.15, 0.2) is 0 Å². The third-order valence-corrected chi connectivity index (χ3v) is 4.23. The van der Waals surface area contributed by atoms with E-state index in [1.54, 1.807) is 0 Å². The number of rotatable bonds is 2. The van der Waals surface area contributed by atoms with Gasteiger partial charge in [0.2, 0.25) is 0 Å². The molecule has 0 spiro atoms. The quantitative estimate of drug-likeness (QED) is 0.633. The molecule has 76 valence electrons. The summed E-state index contributed by atoms with van der Waals surface area (Å²) in [5.41, 5.74) is 0.